The normalized spacial score (nSPS) is 16.1. The van der Waals surface area contributed by atoms with Crippen LogP contribution in [0.1, 0.15) is 43.0 Å². The first-order valence-corrected chi connectivity index (χ1v) is 11.5. The molecule has 1 amide bonds. The lowest BCUT2D eigenvalue weighted by Crippen LogP contribution is -2.49. The predicted octanol–water partition coefficient (Wildman–Crippen LogP) is 3.70. The number of carbonyl (C=O) groups is 1. The summed E-state index contributed by atoms with van der Waals surface area (Å²) < 4.78 is 0. The number of hydrogen-bond donors (Lipinski definition) is 1. The van der Waals surface area contributed by atoms with Gasteiger partial charge in [-0.3, -0.25) is 14.6 Å². The standard InChI is InChI=1S/C26H38N4O/c1-5-6-22-7-11-24(12-8-22)21(2)27-26(31)20-30-17-15-29(16-18-30)19-23-9-13-25(14-10-23)28(3)4/h7-14,21H,5-6,15-20H2,1-4H3,(H,27,31)/t21-/m1/s1. The quantitative estimate of drug-likeness (QED) is 0.669. The largest absolute Gasteiger partial charge is 0.378 e. The van der Waals surface area contributed by atoms with Crippen LogP contribution in [-0.4, -0.2) is 62.5 Å². The molecule has 1 heterocycles. The van der Waals surface area contributed by atoms with E-state index in [9.17, 15) is 4.79 Å². The molecule has 0 aliphatic carbocycles. The van der Waals surface area contributed by atoms with Crippen LogP contribution in [0, 0.1) is 0 Å². The third-order valence-corrected chi connectivity index (χ3v) is 6.09. The average molecular weight is 423 g/mol. The van der Waals surface area contributed by atoms with Gasteiger partial charge in [0.2, 0.25) is 5.91 Å². The number of benzene rings is 2. The number of hydrogen-bond acceptors (Lipinski definition) is 4. The van der Waals surface area contributed by atoms with E-state index in [1.165, 1.54) is 22.4 Å². The molecule has 5 nitrogen and oxygen atoms in total. The van der Waals surface area contributed by atoms with Crippen molar-refractivity contribution in [1.82, 2.24) is 15.1 Å². The van der Waals surface area contributed by atoms with Crippen LogP contribution >= 0.6 is 0 Å². The lowest BCUT2D eigenvalue weighted by molar-refractivity contribution is -0.123. The summed E-state index contributed by atoms with van der Waals surface area (Å²) in [5, 5.41) is 3.16. The zero-order valence-electron chi connectivity index (χ0n) is 19.6. The smallest absolute Gasteiger partial charge is 0.234 e. The van der Waals surface area contributed by atoms with Crippen molar-refractivity contribution in [3.63, 3.8) is 0 Å². The van der Waals surface area contributed by atoms with Crippen molar-refractivity contribution in [1.29, 1.82) is 0 Å². The Bertz CT molecular complexity index is 808. The molecule has 0 aromatic heterocycles. The van der Waals surface area contributed by atoms with Gasteiger partial charge in [-0.2, -0.15) is 0 Å². The van der Waals surface area contributed by atoms with Crippen molar-refractivity contribution in [3.05, 3.63) is 65.2 Å². The first kappa shape index (κ1) is 23.3. The number of piperazine rings is 1. The van der Waals surface area contributed by atoms with Crippen LogP contribution in [0.4, 0.5) is 5.69 Å². The van der Waals surface area contributed by atoms with Crippen LogP contribution in [0.25, 0.3) is 0 Å². The highest BCUT2D eigenvalue weighted by Crippen LogP contribution is 2.16. The number of nitrogens with one attached hydrogen (secondary N) is 1. The second-order valence-corrected chi connectivity index (χ2v) is 8.89. The Morgan fingerprint density at radius 3 is 2.10 bits per heavy atom. The van der Waals surface area contributed by atoms with Gasteiger partial charge < -0.3 is 10.2 Å². The maximum Gasteiger partial charge on any atom is 0.234 e. The van der Waals surface area contributed by atoms with Gasteiger partial charge in [-0.25, -0.2) is 0 Å². The van der Waals surface area contributed by atoms with Gasteiger partial charge in [0.1, 0.15) is 0 Å². The lowest BCUT2D eigenvalue weighted by atomic mass is 10.0. The molecule has 0 spiro atoms. The zero-order valence-corrected chi connectivity index (χ0v) is 19.6. The molecule has 168 valence electrons. The van der Waals surface area contributed by atoms with Gasteiger partial charge in [0, 0.05) is 52.5 Å². The molecule has 1 saturated heterocycles. The van der Waals surface area contributed by atoms with Crippen LogP contribution in [0.5, 0.6) is 0 Å². The van der Waals surface area contributed by atoms with E-state index in [2.05, 4.69) is 96.5 Å². The number of carbonyl (C=O) groups excluding carboxylic acids is 1. The average Bonchev–Trinajstić information content (AvgIpc) is 2.76. The van der Waals surface area contributed by atoms with Gasteiger partial charge in [-0.15, -0.1) is 0 Å². The van der Waals surface area contributed by atoms with Crippen LogP contribution in [0.15, 0.2) is 48.5 Å². The summed E-state index contributed by atoms with van der Waals surface area (Å²) in [6.45, 7) is 9.56. The van der Waals surface area contributed by atoms with Crippen LogP contribution in [0.3, 0.4) is 0 Å². The Morgan fingerprint density at radius 1 is 0.935 bits per heavy atom. The van der Waals surface area contributed by atoms with Gasteiger partial charge in [0.15, 0.2) is 0 Å². The molecule has 2 aromatic carbocycles. The molecular formula is C26H38N4O. The van der Waals surface area contributed by atoms with Gasteiger partial charge >= 0.3 is 0 Å². The molecular weight excluding hydrogens is 384 g/mol. The van der Waals surface area contributed by atoms with E-state index < -0.39 is 0 Å². The predicted molar refractivity (Wildman–Crippen MR) is 129 cm³/mol. The Morgan fingerprint density at radius 2 is 1.52 bits per heavy atom. The third-order valence-electron chi connectivity index (χ3n) is 6.09. The number of aryl methyl sites for hydroxylation is 1. The van der Waals surface area contributed by atoms with E-state index in [4.69, 9.17) is 0 Å². The fourth-order valence-corrected chi connectivity index (χ4v) is 4.10. The van der Waals surface area contributed by atoms with Crippen molar-refractivity contribution in [2.45, 2.75) is 39.3 Å². The minimum absolute atomic E-state index is 0.0367. The first-order chi connectivity index (χ1) is 14.9. The highest BCUT2D eigenvalue weighted by molar-refractivity contribution is 5.78. The summed E-state index contributed by atoms with van der Waals surface area (Å²) >= 11 is 0. The Labute approximate surface area is 188 Å². The fourth-order valence-electron chi connectivity index (χ4n) is 4.10. The van der Waals surface area contributed by atoms with E-state index in [-0.39, 0.29) is 11.9 Å². The van der Waals surface area contributed by atoms with E-state index in [0.717, 1.165) is 45.6 Å². The third kappa shape index (κ3) is 7.08. The molecule has 31 heavy (non-hydrogen) atoms. The molecule has 1 fully saturated rings. The van der Waals surface area contributed by atoms with Crippen LogP contribution in [0.2, 0.25) is 0 Å². The summed E-state index contributed by atoms with van der Waals surface area (Å²) in [5.41, 5.74) is 5.09. The maximum atomic E-state index is 12.6. The van der Waals surface area contributed by atoms with Crippen molar-refractivity contribution in [2.75, 3.05) is 51.7 Å². The Balaban J connectivity index is 1.40. The van der Waals surface area contributed by atoms with Crippen molar-refractivity contribution in [3.8, 4) is 0 Å². The number of rotatable bonds is 9. The summed E-state index contributed by atoms with van der Waals surface area (Å²) in [6, 6.07) is 17.4. The molecule has 1 aliphatic heterocycles. The van der Waals surface area contributed by atoms with E-state index in [0.29, 0.717) is 6.54 Å². The summed E-state index contributed by atoms with van der Waals surface area (Å²) in [5.74, 6) is 0.109. The molecule has 2 aromatic rings. The molecule has 0 radical (unpaired) electrons. The van der Waals surface area contributed by atoms with Gasteiger partial charge in [0.25, 0.3) is 0 Å². The molecule has 0 saturated carbocycles. The van der Waals surface area contributed by atoms with Crippen LogP contribution in [-0.2, 0) is 17.8 Å². The summed E-state index contributed by atoms with van der Waals surface area (Å²) in [6.07, 6.45) is 2.26. The summed E-state index contributed by atoms with van der Waals surface area (Å²) in [7, 11) is 4.13. The number of amides is 1. The Kier molecular flexibility index (Phi) is 8.50. The van der Waals surface area contributed by atoms with Crippen LogP contribution < -0.4 is 10.2 Å². The second-order valence-electron chi connectivity index (χ2n) is 8.89. The minimum Gasteiger partial charge on any atom is -0.378 e. The number of anilines is 1. The molecule has 1 atom stereocenters. The summed E-state index contributed by atoms with van der Waals surface area (Å²) in [4.78, 5) is 19.4. The van der Waals surface area contributed by atoms with Crippen molar-refractivity contribution < 1.29 is 4.79 Å². The minimum atomic E-state index is 0.0367. The zero-order chi connectivity index (χ0) is 22.2. The van der Waals surface area contributed by atoms with Gasteiger partial charge in [-0.05, 0) is 42.2 Å². The fraction of sp³-hybridized carbons (Fsp3) is 0.500. The molecule has 0 unspecified atom stereocenters. The van der Waals surface area contributed by atoms with Gasteiger partial charge in [0.05, 0.1) is 12.6 Å². The molecule has 1 N–H and O–H groups in total. The topological polar surface area (TPSA) is 38.8 Å². The van der Waals surface area contributed by atoms with E-state index >= 15 is 0 Å². The molecule has 1 aliphatic rings. The second kappa shape index (κ2) is 11.3. The lowest BCUT2D eigenvalue weighted by Gasteiger charge is -2.34. The molecule has 0 bridgehead atoms. The highest BCUT2D eigenvalue weighted by atomic mass is 16.2. The maximum absolute atomic E-state index is 12.6. The molecule has 5 heteroatoms. The van der Waals surface area contributed by atoms with Crippen molar-refractivity contribution in [2.24, 2.45) is 0 Å². The first-order valence-electron chi connectivity index (χ1n) is 11.5. The van der Waals surface area contributed by atoms with E-state index in [1.54, 1.807) is 0 Å². The monoisotopic (exact) mass is 422 g/mol. The van der Waals surface area contributed by atoms with Gasteiger partial charge in [-0.1, -0.05) is 49.7 Å². The number of nitrogens with zero attached hydrogens (tertiary/aromatic N) is 3. The molecule has 3 rings (SSSR count). The SMILES string of the molecule is CCCc1ccc([C@@H](C)NC(=O)CN2CCN(Cc3ccc(N(C)C)cc3)CC2)cc1. The Hall–Kier alpha value is -2.37. The van der Waals surface area contributed by atoms with Crippen molar-refractivity contribution >= 4 is 11.6 Å². The highest BCUT2D eigenvalue weighted by Gasteiger charge is 2.20. The van der Waals surface area contributed by atoms with E-state index in [1.807, 2.05) is 0 Å².